The lowest BCUT2D eigenvalue weighted by molar-refractivity contribution is -0.133. The van der Waals surface area contributed by atoms with Crippen molar-refractivity contribution in [1.29, 1.82) is 0 Å². The van der Waals surface area contributed by atoms with Gasteiger partial charge < -0.3 is 10.6 Å². The van der Waals surface area contributed by atoms with Gasteiger partial charge in [0.2, 0.25) is 11.8 Å². The van der Waals surface area contributed by atoms with Gasteiger partial charge in [-0.25, -0.2) is 4.79 Å². The molecule has 1 aliphatic heterocycles. The summed E-state index contributed by atoms with van der Waals surface area (Å²) in [5, 5.41) is 8.61. The lowest BCUT2D eigenvalue weighted by Crippen LogP contribution is -2.59. The Bertz CT molecular complexity index is 750. The molecule has 166 valence electrons. The molecule has 4 aliphatic rings. The van der Waals surface area contributed by atoms with Crippen LogP contribution in [-0.4, -0.2) is 30.4 Å². The monoisotopic (exact) mass is 415 g/mol. The van der Waals surface area contributed by atoms with E-state index in [9.17, 15) is 14.4 Å². The number of hydrogen-bond acceptors (Lipinski definition) is 3. The molecule has 3 saturated carbocycles. The van der Waals surface area contributed by atoms with E-state index in [1.165, 1.54) is 0 Å². The second kappa shape index (κ2) is 8.01. The Labute approximate surface area is 180 Å². The summed E-state index contributed by atoms with van der Waals surface area (Å²) >= 11 is 0. The number of rotatable bonds is 4. The van der Waals surface area contributed by atoms with E-state index in [1.54, 1.807) is 6.08 Å². The van der Waals surface area contributed by atoms with Gasteiger partial charge in [-0.05, 0) is 74.2 Å². The van der Waals surface area contributed by atoms with Gasteiger partial charge in [-0.1, -0.05) is 33.3 Å². The number of carbonyl (C=O) groups is 3. The highest BCUT2D eigenvalue weighted by Gasteiger charge is 2.60. The molecule has 30 heavy (non-hydrogen) atoms. The molecule has 3 aliphatic carbocycles. The lowest BCUT2D eigenvalue weighted by Gasteiger charge is -2.58. The maximum Gasteiger partial charge on any atom is 0.321 e. The highest BCUT2D eigenvalue weighted by atomic mass is 16.2. The van der Waals surface area contributed by atoms with Crippen LogP contribution in [0.2, 0.25) is 0 Å². The van der Waals surface area contributed by atoms with Crippen LogP contribution in [0, 0.1) is 34.5 Å². The molecule has 6 nitrogen and oxygen atoms in total. The molecule has 1 heterocycles. The highest BCUT2D eigenvalue weighted by Crippen LogP contribution is 2.64. The fourth-order valence-electron chi connectivity index (χ4n) is 7.39. The van der Waals surface area contributed by atoms with Gasteiger partial charge in [-0.15, -0.1) is 0 Å². The van der Waals surface area contributed by atoms with E-state index in [0.29, 0.717) is 24.3 Å². The summed E-state index contributed by atoms with van der Waals surface area (Å²) < 4.78 is 0. The van der Waals surface area contributed by atoms with Gasteiger partial charge in [0.05, 0.1) is 0 Å². The quantitative estimate of drug-likeness (QED) is 0.614. The van der Waals surface area contributed by atoms with Crippen LogP contribution in [0.3, 0.4) is 0 Å². The first-order valence-electron chi connectivity index (χ1n) is 11.9. The molecule has 0 saturated heterocycles. The normalized spacial score (nSPS) is 41.8. The van der Waals surface area contributed by atoms with E-state index >= 15 is 0 Å². The van der Waals surface area contributed by atoms with Crippen molar-refractivity contribution >= 4 is 17.8 Å². The molecule has 0 aromatic heterocycles. The molecular formula is C24H37N3O3. The van der Waals surface area contributed by atoms with E-state index in [4.69, 9.17) is 0 Å². The average Bonchev–Trinajstić information content (AvgIpc) is 3.06. The molecular weight excluding hydrogens is 378 g/mol. The molecule has 3 fully saturated rings. The molecule has 0 aromatic rings. The first kappa shape index (κ1) is 21.4. The Morgan fingerprint density at radius 2 is 1.93 bits per heavy atom. The Kier molecular flexibility index (Phi) is 5.71. The van der Waals surface area contributed by atoms with Crippen molar-refractivity contribution in [2.24, 2.45) is 34.5 Å². The SMILES string of the molecule is CCCCNC(=O)NC(=O)C1CC[C@H]2[C@@H]3CCC4NC(=O)C=C[C@]4(C)[C@@H]3CC[C@]12C. The van der Waals surface area contributed by atoms with Gasteiger partial charge in [-0.3, -0.25) is 14.9 Å². The second-order valence-corrected chi connectivity index (χ2v) is 10.5. The van der Waals surface area contributed by atoms with Gasteiger partial charge in [-0.2, -0.15) is 0 Å². The summed E-state index contributed by atoms with van der Waals surface area (Å²) in [5.41, 5.74) is -0.0303. The molecule has 4 rings (SSSR count). The van der Waals surface area contributed by atoms with Crippen molar-refractivity contribution in [3.8, 4) is 0 Å². The fourth-order valence-corrected chi connectivity index (χ4v) is 7.39. The largest absolute Gasteiger partial charge is 0.349 e. The topological polar surface area (TPSA) is 87.3 Å². The number of unbranched alkanes of at least 4 members (excludes halogenated alkanes) is 1. The molecule has 0 aromatic carbocycles. The Morgan fingerprint density at radius 3 is 2.70 bits per heavy atom. The van der Waals surface area contributed by atoms with Crippen molar-refractivity contribution in [2.45, 2.75) is 78.2 Å². The number of fused-ring (bicyclic) bond motifs is 5. The van der Waals surface area contributed by atoms with Gasteiger partial charge >= 0.3 is 6.03 Å². The Balaban J connectivity index is 1.46. The molecule has 4 amide bonds. The van der Waals surface area contributed by atoms with Gasteiger partial charge in [0.1, 0.15) is 0 Å². The van der Waals surface area contributed by atoms with Gasteiger partial charge in [0, 0.05) is 23.9 Å². The van der Waals surface area contributed by atoms with Crippen LogP contribution in [0.25, 0.3) is 0 Å². The number of imide groups is 1. The minimum absolute atomic E-state index is 0.0116. The summed E-state index contributed by atoms with van der Waals surface area (Å²) in [6.07, 6.45) is 12.0. The van der Waals surface area contributed by atoms with Crippen molar-refractivity contribution in [1.82, 2.24) is 16.0 Å². The van der Waals surface area contributed by atoms with Crippen LogP contribution in [0.1, 0.15) is 72.1 Å². The smallest absolute Gasteiger partial charge is 0.321 e. The zero-order valence-electron chi connectivity index (χ0n) is 18.6. The number of urea groups is 1. The maximum atomic E-state index is 13.0. The summed E-state index contributed by atoms with van der Waals surface area (Å²) in [7, 11) is 0. The molecule has 0 bridgehead atoms. The van der Waals surface area contributed by atoms with Crippen molar-refractivity contribution < 1.29 is 14.4 Å². The maximum absolute atomic E-state index is 13.0. The van der Waals surface area contributed by atoms with E-state index in [1.807, 2.05) is 0 Å². The van der Waals surface area contributed by atoms with Crippen LogP contribution in [0.5, 0.6) is 0 Å². The zero-order valence-corrected chi connectivity index (χ0v) is 18.6. The van der Waals surface area contributed by atoms with Crippen LogP contribution in [0.15, 0.2) is 12.2 Å². The third-order valence-electron chi connectivity index (χ3n) is 9.05. The molecule has 7 atom stereocenters. The van der Waals surface area contributed by atoms with Gasteiger partial charge in [0.15, 0.2) is 0 Å². The Hall–Kier alpha value is -1.85. The van der Waals surface area contributed by atoms with Crippen LogP contribution < -0.4 is 16.0 Å². The average molecular weight is 416 g/mol. The van der Waals surface area contributed by atoms with E-state index in [0.717, 1.165) is 51.4 Å². The first-order valence-corrected chi connectivity index (χ1v) is 11.9. The summed E-state index contributed by atoms with van der Waals surface area (Å²) in [6.45, 7) is 7.28. The van der Waals surface area contributed by atoms with Crippen molar-refractivity contribution in [2.75, 3.05) is 6.54 Å². The summed E-state index contributed by atoms with van der Waals surface area (Å²) in [6, 6.07) is -0.127. The highest BCUT2D eigenvalue weighted by molar-refractivity contribution is 5.96. The third kappa shape index (κ3) is 3.46. The molecule has 3 N–H and O–H groups in total. The van der Waals surface area contributed by atoms with Crippen LogP contribution in [-0.2, 0) is 9.59 Å². The standard InChI is InChI=1S/C24H37N3O3/c1-4-5-14-25-22(30)27-21(29)18-8-7-16-15-6-9-19-24(3,13-11-20(28)26-19)17(15)10-12-23(16,18)2/h11,13,15-19H,4-10,12,14H2,1-3H3,(H,26,28)(H2,25,27,29,30)/t15-,16-,17+,18?,19?,23-,24+/m0/s1. The summed E-state index contributed by atoms with van der Waals surface area (Å²) in [5.74, 6) is 1.49. The molecule has 6 heteroatoms. The minimum atomic E-state index is -0.356. The van der Waals surface area contributed by atoms with Crippen molar-refractivity contribution in [3.63, 3.8) is 0 Å². The first-order chi connectivity index (χ1) is 14.3. The van der Waals surface area contributed by atoms with Crippen LogP contribution >= 0.6 is 0 Å². The predicted molar refractivity (Wildman–Crippen MR) is 115 cm³/mol. The summed E-state index contributed by atoms with van der Waals surface area (Å²) in [4.78, 5) is 37.0. The molecule has 0 spiro atoms. The van der Waals surface area contributed by atoms with E-state index < -0.39 is 0 Å². The lowest BCUT2D eigenvalue weighted by atomic mass is 9.48. The fraction of sp³-hybridized carbons (Fsp3) is 0.792. The predicted octanol–water partition coefficient (Wildman–Crippen LogP) is 3.53. The number of nitrogens with one attached hydrogen (secondary N) is 3. The number of amides is 4. The molecule has 2 unspecified atom stereocenters. The van der Waals surface area contributed by atoms with Crippen LogP contribution in [0.4, 0.5) is 4.79 Å². The number of hydrogen-bond donors (Lipinski definition) is 3. The van der Waals surface area contributed by atoms with E-state index in [2.05, 4.69) is 42.8 Å². The van der Waals surface area contributed by atoms with E-state index in [-0.39, 0.29) is 40.6 Å². The Morgan fingerprint density at radius 1 is 1.13 bits per heavy atom. The van der Waals surface area contributed by atoms with Gasteiger partial charge in [0.25, 0.3) is 0 Å². The van der Waals surface area contributed by atoms with Crippen molar-refractivity contribution in [3.05, 3.63) is 12.2 Å². The zero-order chi connectivity index (χ0) is 21.5. The second-order valence-electron chi connectivity index (χ2n) is 10.5. The number of carbonyl (C=O) groups excluding carboxylic acids is 3. The third-order valence-corrected chi connectivity index (χ3v) is 9.05. The molecule has 0 radical (unpaired) electrons. The minimum Gasteiger partial charge on any atom is -0.349 e.